The van der Waals surface area contributed by atoms with Gasteiger partial charge in [0.05, 0.1) is 10.6 Å². The van der Waals surface area contributed by atoms with Crippen molar-refractivity contribution in [1.29, 1.82) is 0 Å². The third kappa shape index (κ3) is 12.5. The number of cyclic esters (lactones) is 2. The average molecular weight is 773 g/mol. The van der Waals surface area contributed by atoms with Crippen LogP contribution in [0.2, 0.25) is 0 Å². The maximum absolute atomic E-state index is 12.4. The summed E-state index contributed by atoms with van der Waals surface area (Å²) in [5.74, 6) is -0.619. The van der Waals surface area contributed by atoms with Crippen molar-refractivity contribution in [2.75, 3.05) is 0 Å². The van der Waals surface area contributed by atoms with Crippen molar-refractivity contribution < 1.29 is 50.7 Å². The summed E-state index contributed by atoms with van der Waals surface area (Å²) in [5.41, 5.74) is 2.17. The maximum Gasteiger partial charge on any atom is 0 e. The van der Waals surface area contributed by atoms with E-state index >= 15 is 0 Å². The van der Waals surface area contributed by atoms with Crippen LogP contribution in [0, 0.1) is 0 Å². The smallest absolute Gasteiger partial charge is 0 e. The van der Waals surface area contributed by atoms with Crippen molar-refractivity contribution in [3.8, 4) is 0 Å². The molecular weight excluding hydrogens is 737 g/mol. The van der Waals surface area contributed by atoms with E-state index in [1.54, 1.807) is 0 Å². The second-order valence-corrected chi connectivity index (χ2v) is 21.3. The second-order valence-electron chi connectivity index (χ2n) is 9.81. The second kappa shape index (κ2) is 13.3. The molecule has 4 aliphatic rings. The van der Waals surface area contributed by atoms with E-state index in [9.17, 15) is 26.5 Å². The van der Waals surface area contributed by atoms with E-state index in [1.807, 2.05) is 0 Å². The number of ether oxygens (including phenoxy) is 1. The minimum Gasteiger partial charge on any atom is 0 e. The van der Waals surface area contributed by atoms with E-state index in [1.165, 1.54) is 44.9 Å². The summed E-state index contributed by atoms with van der Waals surface area (Å²) in [4.78, 5) is 24.7. The van der Waals surface area contributed by atoms with Crippen molar-refractivity contribution in [2.24, 2.45) is 0 Å². The van der Waals surface area contributed by atoms with Gasteiger partial charge in [0.1, 0.15) is 0 Å². The normalized spacial score (nSPS) is 32.4. The van der Waals surface area contributed by atoms with Gasteiger partial charge in [-0.05, 0) is 74.0 Å². The zero-order valence-corrected chi connectivity index (χ0v) is 27.4. The Kier molecular flexibility index (Phi) is 12.6. The Hall–Kier alpha value is 0.242. The average Bonchev–Trinajstić information content (AvgIpc) is 3.27. The number of esters is 2. The molecule has 0 unspecified atom stereocenters. The molecule has 0 bridgehead atoms. The van der Waals surface area contributed by atoms with Gasteiger partial charge in [-0.25, -0.2) is 9.59 Å². The van der Waals surface area contributed by atoms with Crippen LogP contribution >= 0.6 is 15.8 Å². The molecule has 0 aromatic heterocycles. The van der Waals surface area contributed by atoms with E-state index in [2.05, 4.69) is 52.0 Å². The number of halogens is 6. The predicted molar refractivity (Wildman–Crippen MR) is 137 cm³/mol. The Morgan fingerprint density at radius 3 is 1.27 bits per heavy atom. The Morgan fingerprint density at radius 1 is 0.676 bits per heavy atom. The van der Waals surface area contributed by atoms with Crippen LogP contribution in [-0.2, 0) is 33.8 Å². The molecule has 4 rings (SSSR count). The Morgan fingerprint density at radius 2 is 0.973 bits per heavy atom. The van der Waals surface area contributed by atoms with E-state index in [0.29, 0.717) is 22.6 Å². The molecule has 0 aromatic carbocycles. The summed E-state index contributed by atoms with van der Waals surface area (Å²) in [6.45, 7) is 8.96. The van der Waals surface area contributed by atoms with Gasteiger partial charge in [0, 0.05) is 19.5 Å². The molecule has 3 nitrogen and oxygen atoms in total. The van der Waals surface area contributed by atoms with Gasteiger partial charge in [-0.15, -0.1) is 0 Å². The molecular formula is C24H36F6O3P2RhSb-. The molecule has 3 aliphatic heterocycles. The van der Waals surface area contributed by atoms with Gasteiger partial charge in [-0.1, -0.05) is 67.8 Å². The SMILES string of the molecule is C1=C\CCC/C=C\C/1.C[C@@H]1CC[C@@H](C)P1C1=C(P2[C@H](C)CC[C@H]2C)C(=O)OC1=O.[F][Sb-]([F])([F])([F])([F])[F].[Rh]. The van der Waals surface area contributed by atoms with E-state index < -0.39 is 35.3 Å². The first kappa shape index (κ1) is 35.3. The molecule has 1 aliphatic carbocycles. The number of carbonyl (C=O) groups excluding carboxylic acids is 2. The molecule has 37 heavy (non-hydrogen) atoms. The predicted octanol–water partition coefficient (Wildman–Crippen LogP) is 9.20. The largest absolute Gasteiger partial charge is 0 e. The Balaban J connectivity index is 0.000000354. The molecule has 0 N–H and O–H groups in total. The summed E-state index contributed by atoms with van der Waals surface area (Å²) < 4.78 is 64.6. The van der Waals surface area contributed by atoms with Gasteiger partial charge in [0.25, 0.3) is 0 Å². The number of rotatable bonds is 2. The third-order valence-electron chi connectivity index (χ3n) is 6.56. The number of allylic oxidation sites excluding steroid dienone is 4. The van der Waals surface area contributed by atoms with Crippen molar-refractivity contribution in [3.05, 3.63) is 34.9 Å². The fraction of sp³-hybridized carbons (Fsp3) is 0.667. The molecule has 1 radical (unpaired) electrons. The summed E-state index contributed by atoms with van der Waals surface area (Å²) in [5, 5.41) is 1.67. The van der Waals surface area contributed by atoms with Gasteiger partial charge in [-0.2, -0.15) is 0 Å². The zero-order chi connectivity index (χ0) is 27.4. The Bertz CT molecular complexity index is 836. The van der Waals surface area contributed by atoms with Gasteiger partial charge < -0.3 is 4.74 Å². The summed E-state index contributed by atoms with van der Waals surface area (Å²) >= 11 is -11.2. The Labute approximate surface area is 233 Å². The standard InChI is InChI=1S/C16H24O3P2.C8H12.6FH.Rh.Sb/c1-9-5-6-10(2)20(9)13-14(16(18)19-15(13)17)21-11(3)7-8-12(21)4;1-2-4-6-8-7-5-3-1;;;;;;;;/h9-12H,5-8H2,1-4H3;1-2,5,7H,3-4,6,8H2;6*1H;;/q;;;;;;;;;+5/p-6/b;2-1-,7-5-;;;;;;;;/t9-,10-,11-,12-;;;;;;;;;/m1........./s1. The molecule has 2 fully saturated rings. The maximum atomic E-state index is 12.4. The first-order chi connectivity index (χ1) is 16.4. The zero-order valence-electron chi connectivity index (χ0n) is 21.4. The van der Waals surface area contributed by atoms with Crippen LogP contribution in [0.3, 0.4) is 0 Å². The van der Waals surface area contributed by atoms with E-state index in [4.69, 9.17) is 4.74 Å². The van der Waals surface area contributed by atoms with Crippen LogP contribution in [0.4, 0.5) is 16.9 Å². The van der Waals surface area contributed by atoms with Crippen LogP contribution in [0.25, 0.3) is 0 Å². The summed E-state index contributed by atoms with van der Waals surface area (Å²) in [6, 6.07) is 0. The molecule has 2 saturated heterocycles. The topological polar surface area (TPSA) is 43.4 Å². The van der Waals surface area contributed by atoms with Crippen LogP contribution in [-0.4, -0.2) is 54.0 Å². The van der Waals surface area contributed by atoms with Gasteiger partial charge in [0.15, 0.2) is 0 Å². The fourth-order valence-corrected chi connectivity index (χ4v) is 12.0. The van der Waals surface area contributed by atoms with Crippen molar-refractivity contribution >= 4 is 47.3 Å². The minimum absolute atomic E-state index is 0. The van der Waals surface area contributed by atoms with Crippen LogP contribution in [0.5, 0.6) is 0 Å². The number of hydrogen-bond donors (Lipinski definition) is 0. The number of carbonyl (C=O) groups is 2. The van der Waals surface area contributed by atoms with Crippen LogP contribution in [0.1, 0.15) is 79.1 Å². The molecule has 0 saturated carbocycles. The van der Waals surface area contributed by atoms with Crippen LogP contribution in [0.15, 0.2) is 34.9 Å². The molecule has 0 spiro atoms. The van der Waals surface area contributed by atoms with Crippen molar-refractivity contribution in [1.82, 2.24) is 0 Å². The fourth-order valence-electron chi connectivity index (χ4n) is 4.96. The summed E-state index contributed by atoms with van der Waals surface area (Å²) in [7, 11) is -1.06. The van der Waals surface area contributed by atoms with Gasteiger partial charge in [0.2, 0.25) is 0 Å². The first-order valence-electron chi connectivity index (χ1n) is 12.3. The minimum atomic E-state index is -11.2. The number of hydrogen-bond acceptors (Lipinski definition) is 3. The summed E-state index contributed by atoms with van der Waals surface area (Å²) in [6.07, 6.45) is 18.7. The molecule has 3 heterocycles. The molecule has 0 amide bonds. The van der Waals surface area contributed by atoms with E-state index in [0.717, 1.165) is 17.0 Å². The van der Waals surface area contributed by atoms with Crippen molar-refractivity contribution in [2.45, 2.75) is 102 Å². The van der Waals surface area contributed by atoms with Crippen LogP contribution < -0.4 is 0 Å². The van der Waals surface area contributed by atoms with Gasteiger partial charge in [-0.3, -0.25) is 0 Å². The monoisotopic (exact) mass is 772 g/mol. The third-order valence-corrected chi connectivity index (χ3v) is 13.4. The first-order valence-corrected chi connectivity index (χ1v) is 21.1. The molecule has 13 heteroatoms. The molecule has 217 valence electrons. The van der Waals surface area contributed by atoms with Gasteiger partial charge >= 0.3 is 48.3 Å². The van der Waals surface area contributed by atoms with Crippen molar-refractivity contribution in [3.63, 3.8) is 0 Å². The molecule has 4 atom stereocenters. The quantitative estimate of drug-likeness (QED) is 0.0703. The van der Waals surface area contributed by atoms with E-state index in [-0.39, 0.29) is 31.4 Å². The molecule has 0 aromatic rings.